The minimum atomic E-state index is -0.279. The summed E-state index contributed by atoms with van der Waals surface area (Å²) < 4.78 is 16.5. The van der Waals surface area contributed by atoms with Crippen LogP contribution in [-0.4, -0.2) is 32.6 Å². The standard InChI is InChI=1S/C15H20FN5/c1-3-12-14(16)15(19-9-18-12)20-6-4-11(2)13(8-20)21-7-5-17-10-21/h5,7,9-11,13H,3-4,6,8H2,1-2H3. The van der Waals surface area contributed by atoms with Gasteiger partial charge in [-0.25, -0.2) is 19.3 Å². The molecule has 2 aromatic rings. The van der Waals surface area contributed by atoms with E-state index in [4.69, 9.17) is 0 Å². The van der Waals surface area contributed by atoms with Crippen LogP contribution in [0.2, 0.25) is 0 Å². The molecule has 21 heavy (non-hydrogen) atoms. The predicted molar refractivity (Wildman–Crippen MR) is 78.6 cm³/mol. The smallest absolute Gasteiger partial charge is 0.187 e. The summed E-state index contributed by atoms with van der Waals surface area (Å²) in [6, 6.07) is 0.292. The Kier molecular flexibility index (Phi) is 3.86. The van der Waals surface area contributed by atoms with E-state index in [2.05, 4.69) is 26.4 Å². The monoisotopic (exact) mass is 289 g/mol. The molecule has 0 radical (unpaired) electrons. The summed E-state index contributed by atoms with van der Waals surface area (Å²) in [4.78, 5) is 14.3. The first-order valence-corrected chi connectivity index (χ1v) is 7.42. The quantitative estimate of drug-likeness (QED) is 0.871. The van der Waals surface area contributed by atoms with Gasteiger partial charge in [0.05, 0.1) is 18.1 Å². The number of aryl methyl sites for hydroxylation is 1. The van der Waals surface area contributed by atoms with Gasteiger partial charge in [0, 0.05) is 25.5 Å². The highest BCUT2D eigenvalue weighted by Gasteiger charge is 2.29. The van der Waals surface area contributed by atoms with Gasteiger partial charge in [-0.05, 0) is 18.8 Å². The molecule has 0 amide bonds. The van der Waals surface area contributed by atoms with Crippen molar-refractivity contribution in [3.8, 4) is 0 Å². The summed E-state index contributed by atoms with van der Waals surface area (Å²) in [6.07, 6.45) is 8.63. The number of hydrogen-bond acceptors (Lipinski definition) is 4. The fourth-order valence-electron chi connectivity index (χ4n) is 2.96. The Balaban J connectivity index is 1.87. The average molecular weight is 289 g/mol. The van der Waals surface area contributed by atoms with Crippen molar-refractivity contribution < 1.29 is 4.39 Å². The molecule has 1 saturated heterocycles. The maximum atomic E-state index is 14.4. The zero-order valence-corrected chi connectivity index (χ0v) is 12.4. The number of imidazole rings is 1. The zero-order chi connectivity index (χ0) is 14.8. The van der Waals surface area contributed by atoms with Crippen molar-refractivity contribution in [1.29, 1.82) is 0 Å². The minimum Gasteiger partial charge on any atom is -0.352 e. The van der Waals surface area contributed by atoms with E-state index in [0.717, 1.165) is 19.5 Å². The molecular formula is C15H20FN5. The van der Waals surface area contributed by atoms with Crippen molar-refractivity contribution >= 4 is 5.82 Å². The maximum absolute atomic E-state index is 14.4. The SMILES string of the molecule is CCc1ncnc(N2CCC(C)C(n3ccnc3)C2)c1F. The number of piperidine rings is 1. The lowest BCUT2D eigenvalue weighted by Gasteiger charge is -2.38. The Morgan fingerprint density at radius 1 is 1.38 bits per heavy atom. The number of rotatable bonds is 3. The summed E-state index contributed by atoms with van der Waals surface area (Å²) in [6.45, 7) is 5.70. The second-order valence-electron chi connectivity index (χ2n) is 5.60. The largest absolute Gasteiger partial charge is 0.352 e. The number of aromatic nitrogens is 4. The first-order valence-electron chi connectivity index (χ1n) is 7.42. The summed E-state index contributed by atoms with van der Waals surface area (Å²) in [5, 5.41) is 0. The van der Waals surface area contributed by atoms with E-state index in [1.54, 1.807) is 6.20 Å². The summed E-state index contributed by atoms with van der Waals surface area (Å²) in [7, 11) is 0. The lowest BCUT2D eigenvalue weighted by atomic mass is 9.93. The van der Waals surface area contributed by atoms with Crippen LogP contribution in [0.5, 0.6) is 0 Å². The Bertz CT molecular complexity index is 598. The molecule has 6 heteroatoms. The average Bonchev–Trinajstić information content (AvgIpc) is 3.02. The van der Waals surface area contributed by atoms with E-state index < -0.39 is 0 Å². The molecule has 0 spiro atoms. The Hall–Kier alpha value is -1.98. The molecule has 2 aromatic heterocycles. The van der Waals surface area contributed by atoms with Gasteiger partial charge < -0.3 is 9.47 Å². The third-order valence-electron chi connectivity index (χ3n) is 4.30. The van der Waals surface area contributed by atoms with Gasteiger partial charge in [0.1, 0.15) is 6.33 Å². The second kappa shape index (κ2) is 5.79. The van der Waals surface area contributed by atoms with E-state index in [9.17, 15) is 4.39 Å². The summed E-state index contributed by atoms with van der Waals surface area (Å²) in [5.41, 5.74) is 0.484. The normalized spacial score (nSPS) is 22.5. The lowest BCUT2D eigenvalue weighted by Crippen LogP contribution is -2.41. The van der Waals surface area contributed by atoms with Crippen LogP contribution in [0, 0.1) is 11.7 Å². The molecule has 1 aliphatic heterocycles. The van der Waals surface area contributed by atoms with E-state index in [1.165, 1.54) is 6.33 Å². The fourth-order valence-corrected chi connectivity index (χ4v) is 2.96. The lowest BCUT2D eigenvalue weighted by molar-refractivity contribution is 0.296. The van der Waals surface area contributed by atoms with Gasteiger partial charge in [0.15, 0.2) is 11.6 Å². The highest BCUT2D eigenvalue weighted by Crippen LogP contribution is 2.31. The van der Waals surface area contributed by atoms with Gasteiger partial charge in [-0.2, -0.15) is 0 Å². The Morgan fingerprint density at radius 3 is 2.95 bits per heavy atom. The Morgan fingerprint density at radius 2 is 2.24 bits per heavy atom. The van der Waals surface area contributed by atoms with Crippen LogP contribution in [0.3, 0.4) is 0 Å². The van der Waals surface area contributed by atoms with Crippen LogP contribution in [0.4, 0.5) is 10.2 Å². The molecule has 0 aliphatic carbocycles. The topological polar surface area (TPSA) is 46.8 Å². The first kappa shape index (κ1) is 14.0. The summed E-state index contributed by atoms with van der Waals surface area (Å²) >= 11 is 0. The fraction of sp³-hybridized carbons (Fsp3) is 0.533. The molecule has 2 atom stereocenters. The number of nitrogens with zero attached hydrogens (tertiary/aromatic N) is 5. The molecule has 0 N–H and O–H groups in total. The van der Waals surface area contributed by atoms with Gasteiger partial charge in [-0.15, -0.1) is 0 Å². The van der Waals surface area contributed by atoms with E-state index >= 15 is 0 Å². The number of halogens is 1. The molecule has 5 nitrogen and oxygen atoms in total. The van der Waals surface area contributed by atoms with Crippen molar-refractivity contribution in [1.82, 2.24) is 19.5 Å². The molecule has 1 aliphatic rings. The van der Waals surface area contributed by atoms with E-state index in [0.29, 0.717) is 29.9 Å². The summed E-state index contributed by atoms with van der Waals surface area (Å²) in [5.74, 6) is 0.684. The zero-order valence-electron chi connectivity index (χ0n) is 12.4. The molecule has 112 valence electrons. The Labute approximate surface area is 123 Å². The molecule has 3 rings (SSSR count). The number of anilines is 1. The van der Waals surface area contributed by atoms with Crippen LogP contribution in [-0.2, 0) is 6.42 Å². The van der Waals surface area contributed by atoms with Crippen molar-refractivity contribution in [2.75, 3.05) is 18.0 Å². The van der Waals surface area contributed by atoms with Crippen LogP contribution >= 0.6 is 0 Å². The maximum Gasteiger partial charge on any atom is 0.187 e. The first-order chi connectivity index (χ1) is 10.2. The highest BCUT2D eigenvalue weighted by molar-refractivity contribution is 5.41. The van der Waals surface area contributed by atoms with Crippen molar-refractivity contribution in [3.63, 3.8) is 0 Å². The molecule has 0 bridgehead atoms. The third kappa shape index (κ3) is 2.62. The van der Waals surface area contributed by atoms with Gasteiger partial charge in [-0.1, -0.05) is 13.8 Å². The van der Waals surface area contributed by atoms with Crippen LogP contribution in [0.15, 0.2) is 25.0 Å². The van der Waals surface area contributed by atoms with Crippen molar-refractivity contribution in [2.24, 2.45) is 5.92 Å². The van der Waals surface area contributed by atoms with Gasteiger partial charge >= 0.3 is 0 Å². The van der Waals surface area contributed by atoms with Crippen molar-refractivity contribution in [3.05, 3.63) is 36.6 Å². The van der Waals surface area contributed by atoms with Gasteiger partial charge in [0.2, 0.25) is 0 Å². The van der Waals surface area contributed by atoms with Crippen LogP contribution in [0.25, 0.3) is 0 Å². The van der Waals surface area contributed by atoms with Gasteiger partial charge in [-0.3, -0.25) is 0 Å². The molecule has 3 heterocycles. The number of hydrogen-bond donors (Lipinski definition) is 0. The highest BCUT2D eigenvalue weighted by atomic mass is 19.1. The van der Waals surface area contributed by atoms with Crippen LogP contribution in [0.1, 0.15) is 32.0 Å². The molecule has 0 aromatic carbocycles. The van der Waals surface area contributed by atoms with E-state index in [1.807, 2.05) is 24.3 Å². The third-order valence-corrected chi connectivity index (χ3v) is 4.30. The second-order valence-corrected chi connectivity index (χ2v) is 5.60. The van der Waals surface area contributed by atoms with Crippen LogP contribution < -0.4 is 4.90 Å². The molecule has 0 saturated carbocycles. The van der Waals surface area contributed by atoms with Crippen molar-refractivity contribution in [2.45, 2.75) is 32.7 Å². The predicted octanol–water partition coefficient (Wildman–Crippen LogP) is 2.46. The molecule has 1 fully saturated rings. The van der Waals surface area contributed by atoms with E-state index in [-0.39, 0.29) is 5.82 Å². The van der Waals surface area contributed by atoms with Gasteiger partial charge in [0.25, 0.3) is 0 Å². The molecule has 2 unspecified atom stereocenters. The molecular weight excluding hydrogens is 269 g/mol. The minimum absolute atomic E-state index is 0.279.